The Balaban J connectivity index is 2.84. The summed E-state index contributed by atoms with van der Waals surface area (Å²) in [6.45, 7) is 0.0612. The van der Waals surface area contributed by atoms with Crippen LogP contribution in [-0.2, 0) is 6.18 Å². The molecule has 0 spiro atoms. The SMILES string of the molecule is N#CC(Cl)CNNc1c(Cl)cc(C(F)(F)F)cc1Cl. The standard InChI is InChI=1S/C10H7Cl3F3N3/c11-6(3-17)4-18-19-9-7(12)1-5(2-8(9)13)10(14,15)16/h1-2,6,18-19H,4H2. The Morgan fingerprint density at radius 2 is 1.79 bits per heavy atom. The van der Waals surface area contributed by atoms with Crippen molar-refractivity contribution < 1.29 is 13.2 Å². The molecule has 1 aromatic rings. The molecule has 1 aromatic carbocycles. The van der Waals surface area contributed by atoms with E-state index < -0.39 is 17.1 Å². The minimum absolute atomic E-state index is 0.0612. The van der Waals surface area contributed by atoms with E-state index in [0.29, 0.717) is 0 Å². The highest BCUT2D eigenvalue weighted by Crippen LogP contribution is 2.38. The predicted molar refractivity (Wildman–Crippen MR) is 68.3 cm³/mol. The summed E-state index contributed by atoms with van der Waals surface area (Å²) < 4.78 is 37.4. The topological polar surface area (TPSA) is 47.9 Å². The molecule has 1 rings (SSSR count). The normalized spacial score (nSPS) is 12.9. The van der Waals surface area contributed by atoms with E-state index in [1.54, 1.807) is 6.07 Å². The Bertz CT molecular complexity index is 476. The van der Waals surface area contributed by atoms with E-state index in [9.17, 15) is 13.2 Å². The molecule has 19 heavy (non-hydrogen) atoms. The largest absolute Gasteiger partial charge is 0.416 e. The zero-order valence-electron chi connectivity index (χ0n) is 9.15. The van der Waals surface area contributed by atoms with Gasteiger partial charge in [-0.2, -0.15) is 18.4 Å². The van der Waals surface area contributed by atoms with E-state index in [4.69, 9.17) is 40.1 Å². The third-order valence-corrected chi connectivity index (χ3v) is 2.85. The Labute approximate surface area is 122 Å². The molecule has 0 bridgehead atoms. The second-order valence-corrected chi connectivity index (χ2v) is 4.76. The maximum Gasteiger partial charge on any atom is 0.416 e. The van der Waals surface area contributed by atoms with Crippen molar-refractivity contribution in [3.05, 3.63) is 27.7 Å². The van der Waals surface area contributed by atoms with Crippen LogP contribution in [0.4, 0.5) is 18.9 Å². The number of hydrogen-bond acceptors (Lipinski definition) is 3. The van der Waals surface area contributed by atoms with E-state index in [2.05, 4.69) is 10.9 Å². The van der Waals surface area contributed by atoms with Gasteiger partial charge in [-0.05, 0) is 12.1 Å². The maximum atomic E-state index is 12.5. The Morgan fingerprint density at radius 3 is 2.21 bits per heavy atom. The van der Waals surface area contributed by atoms with Crippen LogP contribution in [0, 0.1) is 11.3 Å². The van der Waals surface area contributed by atoms with Gasteiger partial charge in [-0.15, -0.1) is 11.6 Å². The summed E-state index contributed by atoms with van der Waals surface area (Å²) in [5.74, 6) is 0. The van der Waals surface area contributed by atoms with Gasteiger partial charge in [0.15, 0.2) is 0 Å². The van der Waals surface area contributed by atoms with Crippen molar-refractivity contribution in [3.63, 3.8) is 0 Å². The average Bonchev–Trinajstić information content (AvgIpc) is 2.30. The number of rotatable bonds is 4. The summed E-state index contributed by atoms with van der Waals surface area (Å²) in [5, 5.41) is 7.25. The summed E-state index contributed by atoms with van der Waals surface area (Å²) in [7, 11) is 0. The number of benzene rings is 1. The predicted octanol–water partition coefficient (Wildman–Crippen LogP) is 4.06. The fourth-order valence-corrected chi connectivity index (χ4v) is 1.79. The molecule has 0 aromatic heterocycles. The summed E-state index contributed by atoms with van der Waals surface area (Å²) in [5.41, 5.74) is 4.18. The number of nitrogens with zero attached hydrogens (tertiary/aromatic N) is 1. The van der Waals surface area contributed by atoms with Crippen molar-refractivity contribution in [2.75, 3.05) is 12.0 Å². The lowest BCUT2D eigenvalue weighted by Gasteiger charge is -2.14. The zero-order valence-corrected chi connectivity index (χ0v) is 11.4. The van der Waals surface area contributed by atoms with E-state index in [0.717, 1.165) is 12.1 Å². The molecule has 9 heteroatoms. The smallest absolute Gasteiger partial charge is 0.319 e. The number of nitrogens with one attached hydrogen (secondary N) is 2. The highest BCUT2D eigenvalue weighted by molar-refractivity contribution is 6.39. The molecule has 0 heterocycles. The van der Waals surface area contributed by atoms with Gasteiger partial charge in [0.05, 0.1) is 27.4 Å². The molecule has 104 valence electrons. The van der Waals surface area contributed by atoms with Gasteiger partial charge in [0, 0.05) is 6.54 Å². The van der Waals surface area contributed by atoms with E-state index in [1.807, 2.05) is 0 Å². The molecule has 0 saturated heterocycles. The van der Waals surface area contributed by atoms with E-state index in [-0.39, 0.29) is 22.3 Å². The van der Waals surface area contributed by atoms with Crippen LogP contribution < -0.4 is 10.9 Å². The number of anilines is 1. The molecule has 0 amide bonds. The van der Waals surface area contributed by atoms with Gasteiger partial charge < -0.3 is 5.43 Å². The van der Waals surface area contributed by atoms with Gasteiger partial charge in [0.25, 0.3) is 0 Å². The third kappa shape index (κ3) is 4.62. The third-order valence-electron chi connectivity index (χ3n) is 2.00. The lowest BCUT2D eigenvalue weighted by atomic mass is 10.2. The molecule has 0 aliphatic rings. The molecule has 0 fully saturated rings. The fraction of sp³-hybridized carbons (Fsp3) is 0.300. The summed E-state index contributed by atoms with van der Waals surface area (Å²) in [6.07, 6.45) is -4.53. The molecule has 1 atom stereocenters. The molecule has 0 radical (unpaired) electrons. The van der Waals surface area contributed by atoms with Crippen molar-refractivity contribution in [2.45, 2.75) is 11.6 Å². The van der Waals surface area contributed by atoms with Crippen molar-refractivity contribution in [1.82, 2.24) is 5.43 Å². The zero-order chi connectivity index (χ0) is 14.6. The molecular formula is C10H7Cl3F3N3. The van der Waals surface area contributed by atoms with E-state index >= 15 is 0 Å². The monoisotopic (exact) mass is 331 g/mol. The van der Waals surface area contributed by atoms with Crippen molar-refractivity contribution in [1.29, 1.82) is 5.26 Å². The van der Waals surface area contributed by atoms with Gasteiger partial charge in [-0.1, -0.05) is 23.2 Å². The Morgan fingerprint density at radius 1 is 1.26 bits per heavy atom. The molecule has 3 nitrogen and oxygen atoms in total. The number of alkyl halides is 4. The van der Waals surface area contributed by atoms with Gasteiger partial charge in [0.1, 0.15) is 5.38 Å². The minimum atomic E-state index is -4.53. The van der Waals surface area contributed by atoms with Crippen molar-refractivity contribution >= 4 is 40.5 Å². The second kappa shape index (κ2) is 6.53. The number of nitriles is 1. The van der Waals surface area contributed by atoms with Gasteiger partial charge in [0.2, 0.25) is 0 Å². The maximum absolute atomic E-state index is 12.5. The van der Waals surface area contributed by atoms with Crippen molar-refractivity contribution in [2.24, 2.45) is 0 Å². The highest BCUT2D eigenvalue weighted by Gasteiger charge is 2.32. The summed E-state index contributed by atoms with van der Waals surface area (Å²) >= 11 is 16.9. The number of halogens is 6. The molecular weight excluding hydrogens is 325 g/mol. The van der Waals surface area contributed by atoms with Crippen LogP contribution in [0.5, 0.6) is 0 Å². The Hall–Kier alpha value is -0.870. The van der Waals surface area contributed by atoms with Crippen LogP contribution in [0.1, 0.15) is 5.56 Å². The van der Waals surface area contributed by atoms with Crippen LogP contribution in [-0.4, -0.2) is 11.9 Å². The highest BCUT2D eigenvalue weighted by atomic mass is 35.5. The Kier molecular flexibility index (Phi) is 5.56. The minimum Gasteiger partial charge on any atom is -0.319 e. The molecule has 0 saturated carbocycles. The second-order valence-electron chi connectivity index (χ2n) is 3.42. The quantitative estimate of drug-likeness (QED) is 0.646. The first-order valence-corrected chi connectivity index (χ1v) is 6.03. The molecule has 0 aliphatic carbocycles. The number of hydrogen-bond donors (Lipinski definition) is 2. The van der Waals surface area contributed by atoms with Crippen LogP contribution in [0.15, 0.2) is 12.1 Å². The average molecular weight is 333 g/mol. The molecule has 0 aliphatic heterocycles. The van der Waals surface area contributed by atoms with Gasteiger partial charge >= 0.3 is 6.18 Å². The first-order chi connectivity index (χ1) is 8.75. The van der Waals surface area contributed by atoms with Gasteiger partial charge in [-0.25, -0.2) is 5.43 Å². The first-order valence-electron chi connectivity index (χ1n) is 4.84. The van der Waals surface area contributed by atoms with Crippen molar-refractivity contribution in [3.8, 4) is 6.07 Å². The molecule has 2 N–H and O–H groups in total. The summed E-state index contributed by atoms with van der Waals surface area (Å²) in [6, 6.07) is 3.26. The molecule has 1 unspecified atom stereocenters. The van der Waals surface area contributed by atoms with Crippen LogP contribution in [0.25, 0.3) is 0 Å². The van der Waals surface area contributed by atoms with E-state index in [1.165, 1.54) is 0 Å². The lowest BCUT2D eigenvalue weighted by Crippen LogP contribution is -2.28. The summed E-state index contributed by atoms with van der Waals surface area (Å²) in [4.78, 5) is 0. The van der Waals surface area contributed by atoms with Crippen LogP contribution >= 0.6 is 34.8 Å². The first kappa shape index (κ1) is 16.2. The lowest BCUT2D eigenvalue weighted by molar-refractivity contribution is -0.137. The van der Waals surface area contributed by atoms with Crippen LogP contribution in [0.3, 0.4) is 0 Å². The van der Waals surface area contributed by atoms with Crippen LogP contribution in [0.2, 0.25) is 10.0 Å². The number of hydrazine groups is 1. The fourth-order valence-electron chi connectivity index (χ4n) is 1.13. The van der Waals surface area contributed by atoms with Gasteiger partial charge in [-0.3, -0.25) is 0 Å².